The molecule has 6 nitrogen and oxygen atoms in total. The van der Waals surface area contributed by atoms with E-state index in [1.165, 1.54) is 30.3 Å². The van der Waals surface area contributed by atoms with Gasteiger partial charge >= 0.3 is 59.1 Å². The summed E-state index contributed by atoms with van der Waals surface area (Å²) in [6.45, 7) is 0. The number of ketones is 1. The first-order valence-electron chi connectivity index (χ1n) is 5.46. The van der Waals surface area contributed by atoms with Gasteiger partial charge in [-0.1, -0.05) is 17.3 Å². The second kappa shape index (κ2) is 8.47. The van der Waals surface area contributed by atoms with Crippen LogP contribution in [0.5, 0.6) is 0 Å². The Balaban J connectivity index is 0.00000220. The number of nitrogen functional groups attached to an aromatic ring is 2. The van der Waals surface area contributed by atoms with Crippen LogP contribution < -0.4 is 70.6 Å². The van der Waals surface area contributed by atoms with Crippen molar-refractivity contribution in [1.29, 1.82) is 0 Å². The van der Waals surface area contributed by atoms with Gasteiger partial charge in [-0.15, -0.1) is 6.07 Å². The smallest absolute Gasteiger partial charge is 0.744 e. The Bertz CT molecular complexity index is 777. The zero-order valence-electron chi connectivity index (χ0n) is 12.2. The van der Waals surface area contributed by atoms with Gasteiger partial charge in [-0.3, -0.25) is 0 Å². The van der Waals surface area contributed by atoms with Crippen LogP contribution in [-0.2, 0) is 10.1 Å². The van der Waals surface area contributed by atoms with E-state index in [1.54, 1.807) is 0 Å². The van der Waals surface area contributed by atoms with Gasteiger partial charge in [-0.25, -0.2) is 8.42 Å². The fourth-order valence-corrected chi connectivity index (χ4v) is 2.26. The second-order valence-electron chi connectivity index (χ2n) is 4.07. The van der Waals surface area contributed by atoms with Crippen LogP contribution in [-0.4, -0.2) is 18.8 Å². The SMILES string of the molecule is Nc1[c-]cc(C(=O)c2ccc(N)c(S(=O)(=O)[O-])c2)cc1.[Na+].[Na+]. The molecule has 4 N–H and O–H groups in total. The third kappa shape index (κ3) is 5.07. The molecule has 0 atom stereocenters. The molecule has 0 aliphatic heterocycles. The minimum absolute atomic E-state index is 0. The minimum Gasteiger partial charge on any atom is -0.744 e. The first-order valence-corrected chi connectivity index (χ1v) is 6.87. The minimum atomic E-state index is -4.73. The molecule has 2 rings (SSSR count). The topological polar surface area (TPSA) is 126 Å². The van der Waals surface area contributed by atoms with Crippen LogP contribution >= 0.6 is 0 Å². The van der Waals surface area contributed by atoms with Crippen LogP contribution in [0.25, 0.3) is 0 Å². The molecule has 0 aliphatic rings. The molecular formula is C13H10N2Na2O4S. The Labute approximate surface area is 172 Å². The molecule has 0 aliphatic carbocycles. The molecule has 2 aromatic rings. The van der Waals surface area contributed by atoms with Crippen molar-refractivity contribution in [3.8, 4) is 0 Å². The van der Waals surface area contributed by atoms with E-state index >= 15 is 0 Å². The average Bonchev–Trinajstić information content (AvgIpc) is 2.38. The monoisotopic (exact) mass is 336 g/mol. The van der Waals surface area contributed by atoms with Crippen molar-refractivity contribution >= 4 is 27.3 Å². The van der Waals surface area contributed by atoms with E-state index < -0.39 is 20.8 Å². The molecule has 0 amide bonds. The summed E-state index contributed by atoms with van der Waals surface area (Å²) >= 11 is 0. The zero-order chi connectivity index (χ0) is 14.9. The fourth-order valence-electron chi connectivity index (χ4n) is 1.64. The Morgan fingerprint density at radius 2 is 1.64 bits per heavy atom. The quantitative estimate of drug-likeness (QED) is 0.190. The van der Waals surface area contributed by atoms with Crippen LogP contribution in [0.15, 0.2) is 41.3 Å². The van der Waals surface area contributed by atoms with Gasteiger partial charge < -0.3 is 20.8 Å². The maximum Gasteiger partial charge on any atom is 1.00 e. The molecule has 0 unspecified atom stereocenters. The summed E-state index contributed by atoms with van der Waals surface area (Å²) in [4.78, 5) is 11.5. The number of carbonyl (C=O) groups excluding carboxylic acids is 1. The van der Waals surface area contributed by atoms with E-state index in [2.05, 4.69) is 6.07 Å². The standard InChI is InChI=1S/C13H11N2O4S.2Na/c14-10-4-1-8(2-5-10)13(16)9-3-6-11(15)12(7-9)20(17,18)19;;/h1-4,6-7H,14-15H2,(H,17,18,19);;/q-1;2*+1/p-1. The van der Waals surface area contributed by atoms with E-state index in [4.69, 9.17) is 11.5 Å². The molecule has 0 saturated carbocycles. The van der Waals surface area contributed by atoms with Crippen molar-refractivity contribution in [3.63, 3.8) is 0 Å². The molecule has 104 valence electrons. The second-order valence-corrected chi connectivity index (χ2v) is 5.42. The number of hydrogen-bond donors (Lipinski definition) is 2. The molecule has 0 spiro atoms. The number of anilines is 2. The predicted molar refractivity (Wildman–Crippen MR) is 71.9 cm³/mol. The van der Waals surface area contributed by atoms with Crippen LogP contribution in [0.2, 0.25) is 0 Å². The van der Waals surface area contributed by atoms with Gasteiger partial charge in [-0.05, 0) is 12.1 Å². The molecule has 0 aromatic heterocycles. The van der Waals surface area contributed by atoms with E-state index in [0.29, 0.717) is 5.69 Å². The Morgan fingerprint density at radius 3 is 2.14 bits per heavy atom. The number of benzene rings is 2. The van der Waals surface area contributed by atoms with Crippen molar-refractivity contribution < 1.29 is 76.9 Å². The first-order chi connectivity index (χ1) is 9.29. The molecule has 22 heavy (non-hydrogen) atoms. The summed E-state index contributed by atoms with van der Waals surface area (Å²) in [7, 11) is -4.73. The molecule has 0 radical (unpaired) electrons. The Morgan fingerprint density at radius 1 is 1.05 bits per heavy atom. The van der Waals surface area contributed by atoms with Gasteiger partial charge in [0.1, 0.15) is 15.9 Å². The summed E-state index contributed by atoms with van der Waals surface area (Å²) < 4.78 is 33.1. The number of nitrogens with two attached hydrogens (primary N) is 2. The molecule has 0 fully saturated rings. The summed E-state index contributed by atoms with van der Waals surface area (Å²) in [5.41, 5.74) is 11.4. The Kier molecular flexibility index (Phi) is 8.32. The molecule has 0 heterocycles. The molecule has 2 aromatic carbocycles. The fraction of sp³-hybridized carbons (Fsp3) is 0. The third-order valence-corrected chi connectivity index (χ3v) is 3.54. The van der Waals surface area contributed by atoms with Crippen molar-refractivity contribution in [1.82, 2.24) is 0 Å². The molecule has 0 bridgehead atoms. The number of hydrogen-bond acceptors (Lipinski definition) is 6. The van der Waals surface area contributed by atoms with Crippen molar-refractivity contribution in [2.24, 2.45) is 0 Å². The van der Waals surface area contributed by atoms with Gasteiger partial charge in [0.05, 0.1) is 4.90 Å². The summed E-state index contributed by atoms with van der Waals surface area (Å²) in [5.74, 6) is -0.453. The van der Waals surface area contributed by atoms with Gasteiger partial charge in [0.15, 0.2) is 0 Å². The van der Waals surface area contributed by atoms with E-state index in [9.17, 15) is 17.8 Å². The average molecular weight is 336 g/mol. The van der Waals surface area contributed by atoms with Gasteiger partial charge in [0, 0.05) is 11.3 Å². The van der Waals surface area contributed by atoms with Gasteiger partial charge in [0.2, 0.25) is 0 Å². The summed E-state index contributed by atoms with van der Waals surface area (Å²) in [5, 5.41) is 0. The molecule has 9 heteroatoms. The zero-order valence-corrected chi connectivity index (χ0v) is 17.0. The van der Waals surface area contributed by atoms with Gasteiger partial charge in [-0.2, -0.15) is 18.2 Å². The van der Waals surface area contributed by atoms with Crippen LogP contribution in [0.4, 0.5) is 11.4 Å². The largest absolute Gasteiger partial charge is 1.00 e. The van der Waals surface area contributed by atoms with Gasteiger partial charge in [0.25, 0.3) is 0 Å². The maximum absolute atomic E-state index is 12.1. The van der Waals surface area contributed by atoms with E-state index in [-0.39, 0.29) is 75.9 Å². The van der Waals surface area contributed by atoms with E-state index in [1.807, 2.05) is 0 Å². The normalized spacial score (nSPS) is 10.2. The van der Waals surface area contributed by atoms with Crippen molar-refractivity contribution in [3.05, 3.63) is 53.6 Å². The summed E-state index contributed by atoms with van der Waals surface area (Å²) in [6.07, 6.45) is 0. The number of rotatable bonds is 3. The Hall–Kier alpha value is -0.380. The first kappa shape index (κ1) is 21.6. The van der Waals surface area contributed by atoms with Crippen molar-refractivity contribution in [2.45, 2.75) is 4.90 Å². The molecular weight excluding hydrogens is 326 g/mol. The van der Waals surface area contributed by atoms with Crippen molar-refractivity contribution in [2.75, 3.05) is 11.5 Å². The van der Waals surface area contributed by atoms with Crippen LogP contribution in [0, 0.1) is 6.07 Å². The third-order valence-electron chi connectivity index (χ3n) is 2.64. The maximum atomic E-state index is 12.1. The molecule has 0 saturated heterocycles. The number of carbonyl (C=O) groups is 1. The van der Waals surface area contributed by atoms with Crippen LogP contribution in [0.3, 0.4) is 0 Å². The summed E-state index contributed by atoms with van der Waals surface area (Å²) in [6, 6.07) is 10.6. The van der Waals surface area contributed by atoms with E-state index in [0.717, 1.165) is 6.07 Å². The predicted octanol–water partition coefficient (Wildman–Crippen LogP) is -5.21. The van der Waals surface area contributed by atoms with Crippen LogP contribution in [0.1, 0.15) is 15.9 Å².